The molecule has 0 aliphatic rings. The van der Waals surface area contributed by atoms with Crippen LogP contribution in [0.2, 0.25) is 18.1 Å². The van der Waals surface area contributed by atoms with Crippen LogP contribution in [-0.2, 0) is 0 Å². The molecule has 0 unspecified atom stereocenters. The molecule has 18 heavy (non-hydrogen) atoms. The number of unbranched alkanes of at least 4 members (excludes halogenated alkanes) is 7. The van der Waals surface area contributed by atoms with E-state index in [2.05, 4.69) is 36.1 Å². The summed E-state index contributed by atoms with van der Waals surface area (Å²) in [6, 6.07) is 4.57. The third-order valence-electron chi connectivity index (χ3n) is 3.94. The normalized spacial score (nSPS) is 12.0. The van der Waals surface area contributed by atoms with Crippen molar-refractivity contribution in [3.05, 3.63) is 0 Å². The molecule has 0 nitrogen and oxygen atoms in total. The van der Waals surface area contributed by atoms with Gasteiger partial charge in [-0.25, -0.2) is 0 Å². The number of hydrogen-bond acceptors (Lipinski definition) is 0. The second-order valence-electron chi connectivity index (χ2n) is 5.88. The minimum absolute atomic E-state index is 1.06. The molecule has 0 aromatic rings. The van der Waals surface area contributed by atoms with Crippen LogP contribution in [0.1, 0.15) is 85.0 Å². The van der Waals surface area contributed by atoms with Crippen molar-refractivity contribution in [2.24, 2.45) is 0 Å². The van der Waals surface area contributed by atoms with Gasteiger partial charge in [-0.3, -0.25) is 0 Å². The van der Waals surface area contributed by atoms with E-state index in [1.807, 2.05) is 0 Å². The molecule has 0 aromatic heterocycles. The first kappa shape index (κ1) is 18.7. The van der Waals surface area contributed by atoms with Gasteiger partial charge in [0.2, 0.25) is 0 Å². The molecule has 0 aromatic carbocycles. The SMILES string of the molecule is CCCCCC[Si](Br)(CCCC)CCCCCC. The maximum Gasteiger partial charge on any atom is 0.130 e. The van der Waals surface area contributed by atoms with Crippen molar-refractivity contribution in [3.63, 3.8) is 0 Å². The van der Waals surface area contributed by atoms with Crippen LogP contribution in [0.4, 0.5) is 0 Å². The van der Waals surface area contributed by atoms with E-state index in [0.29, 0.717) is 0 Å². The lowest BCUT2D eigenvalue weighted by Crippen LogP contribution is -2.25. The van der Waals surface area contributed by atoms with Gasteiger partial charge in [0.15, 0.2) is 0 Å². The van der Waals surface area contributed by atoms with Gasteiger partial charge >= 0.3 is 0 Å². The summed E-state index contributed by atoms with van der Waals surface area (Å²) < 4.78 is 0. The molecule has 0 amide bonds. The standard InChI is InChI=1S/C16H35BrSi/c1-4-7-10-12-15-18(17,14-9-6-3)16-13-11-8-5-2/h4-16H2,1-3H3. The number of rotatable bonds is 13. The Morgan fingerprint density at radius 1 is 0.556 bits per heavy atom. The maximum absolute atomic E-state index is 4.23. The summed E-state index contributed by atoms with van der Waals surface area (Å²) in [5.41, 5.74) is 0. The van der Waals surface area contributed by atoms with Crippen LogP contribution in [0, 0.1) is 0 Å². The molecule has 0 rings (SSSR count). The predicted molar refractivity (Wildman–Crippen MR) is 92.3 cm³/mol. The molecule has 0 saturated heterocycles. The third-order valence-corrected chi connectivity index (χ3v) is 11.3. The van der Waals surface area contributed by atoms with E-state index in [1.165, 1.54) is 82.3 Å². The molecular formula is C16H35BrSi. The summed E-state index contributed by atoms with van der Waals surface area (Å²) in [5, 5.41) is 0. The molecule has 0 atom stereocenters. The largest absolute Gasteiger partial charge is 0.130 e. The van der Waals surface area contributed by atoms with Crippen molar-refractivity contribution >= 4 is 22.0 Å². The lowest BCUT2D eigenvalue weighted by Gasteiger charge is -2.25. The van der Waals surface area contributed by atoms with E-state index >= 15 is 0 Å². The van der Waals surface area contributed by atoms with Gasteiger partial charge in [0, 0.05) is 0 Å². The third kappa shape index (κ3) is 10.6. The molecule has 0 aliphatic carbocycles. The Balaban J connectivity index is 3.90. The van der Waals surface area contributed by atoms with Crippen LogP contribution in [0.15, 0.2) is 0 Å². The van der Waals surface area contributed by atoms with E-state index in [9.17, 15) is 0 Å². The lowest BCUT2D eigenvalue weighted by molar-refractivity contribution is 0.681. The summed E-state index contributed by atoms with van der Waals surface area (Å²) in [6.07, 6.45) is 14.3. The zero-order valence-electron chi connectivity index (χ0n) is 13.1. The highest BCUT2D eigenvalue weighted by Crippen LogP contribution is 2.34. The zero-order valence-corrected chi connectivity index (χ0v) is 15.7. The van der Waals surface area contributed by atoms with Crippen molar-refractivity contribution in [1.29, 1.82) is 0 Å². The molecule has 0 N–H and O–H groups in total. The lowest BCUT2D eigenvalue weighted by atomic mass is 10.2. The van der Waals surface area contributed by atoms with Crippen LogP contribution in [0.3, 0.4) is 0 Å². The van der Waals surface area contributed by atoms with Crippen LogP contribution in [-0.4, -0.2) is 6.69 Å². The first-order valence-corrected chi connectivity index (χ1v) is 13.2. The predicted octanol–water partition coefficient (Wildman–Crippen LogP) is 7.29. The highest BCUT2D eigenvalue weighted by molar-refractivity contribution is 9.26. The quantitative estimate of drug-likeness (QED) is 0.188. The maximum atomic E-state index is 4.23. The summed E-state index contributed by atoms with van der Waals surface area (Å²) >= 11 is 4.23. The smallest absolute Gasteiger partial charge is 0.126 e. The molecule has 0 radical (unpaired) electrons. The van der Waals surface area contributed by atoms with Crippen LogP contribution >= 0.6 is 15.3 Å². The molecule has 0 aliphatic heterocycles. The Morgan fingerprint density at radius 3 is 1.33 bits per heavy atom. The minimum Gasteiger partial charge on any atom is -0.126 e. The molecular weight excluding hydrogens is 300 g/mol. The van der Waals surface area contributed by atoms with Gasteiger partial charge in [-0.15, -0.1) is 15.3 Å². The van der Waals surface area contributed by atoms with Gasteiger partial charge < -0.3 is 0 Å². The Morgan fingerprint density at radius 2 is 0.944 bits per heavy atom. The van der Waals surface area contributed by atoms with Crippen molar-refractivity contribution in [3.8, 4) is 0 Å². The van der Waals surface area contributed by atoms with Gasteiger partial charge in [0.05, 0.1) is 0 Å². The Bertz CT molecular complexity index is 158. The zero-order chi connectivity index (χ0) is 13.7. The van der Waals surface area contributed by atoms with Crippen molar-refractivity contribution < 1.29 is 0 Å². The van der Waals surface area contributed by atoms with Crippen molar-refractivity contribution in [2.45, 2.75) is 103 Å². The fourth-order valence-electron chi connectivity index (χ4n) is 2.61. The Kier molecular flexibility index (Phi) is 13.2. The number of hydrogen-bond donors (Lipinski definition) is 0. The molecule has 2 heteroatoms. The molecule has 0 fully saturated rings. The van der Waals surface area contributed by atoms with Crippen LogP contribution in [0.5, 0.6) is 0 Å². The Hall–Kier alpha value is 0.697. The molecule has 0 bridgehead atoms. The van der Waals surface area contributed by atoms with E-state index in [4.69, 9.17) is 0 Å². The fraction of sp³-hybridized carbons (Fsp3) is 1.00. The summed E-state index contributed by atoms with van der Waals surface area (Å²) in [6.45, 7) is 5.88. The Labute approximate surface area is 125 Å². The van der Waals surface area contributed by atoms with E-state index in [0.717, 1.165) is 0 Å². The monoisotopic (exact) mass is 334 g/mol. The second kappa shape index (κ2) is 12.7. The van der Waals surface area contributed by atoms with Gasteiger partial charge in [0.25, 0.3) is 0 Å². The first-order chi connectivity index (χ1) is 8.68. The molecule has 110 valence electrons. The van der Waals surface area contributed by atoms with E-state index in [1.54, 1.807) is 0 Å². The second-order valence-corrected chi connectivity index (χ2v) is 14.7. The molecule has 0 spiro atoms. The van der Waals surface area contributed by atoms with Crippen molar-refractivity contribution in [2.75, 3.05) is 0 Å². The highest BCUT2D eigenvalue weighted by atomic mass is 79.9. The van der Waals surface area contributed by atoms with E-state index in [-0.39, 0.29) is 0 Å². The average Bonchev–Trinajstić information content (AvgIpc) is 2.38. The van der Waals surface area contributed by atoms with Gasteiger partial charge in [-0.2, -0.15) is 0 Å². The number of halogens is 1. The summed E-state index contributed by atoms with van der Waals surface area (Å²) in [4.78, 5) is 0. The first-order valence-electron chi connectivity index (χ1n) is 8.37. The average molecular weight is 335 g/mol. The molecule has 0 heterocycles. The highest BCUT2D eigenvalue weighted by Gasteiger charge is 2.27. The van der Waals surface area contributed by atoms with Crippen molar-refractivity contribution in [1.82, 2.24) is 0 Å². The molecule has 0 saturated carbocycles. The van der Waals surface area contributed by atoms with Gasteiger partial charge in [-0.1, -0.05) is 85.0 Å². The summed E-state index contributed by atoms with van der Waals surface area (Å²) in [7, 11) is 0. The van der Waals surface area contributed by atoms with E-state index < -0.39 is 6.69 Å². The summed E-state index contributed by atoms with van der Waals surface area (Å²) in [5.74, 6) is 0. The minimum atomic E-state index is -1.06. The van der Waals surface area contributed by atoms with Gasteiger partial charge in [-0.05, 0) is 18.1 Å². The van der Waals surface area contributed by atoms with Gasteiger partial charge in [0.1, 0.15) is 6.69 Å². The van der Waals surface area contributed by atoms with Crippen LogP contribution in [0.25, 0.3) is 0 Å². The van der Waals surface area contributed by atoms with Crippen LogP contribution < -0.4 is 0 Å². The topological polar surface area (TPSA) is 0 Å². The fourth-order valence-corrected chi connectivity index (χ4v) is 8.63.